The van der Waals surface area contributed by atoms with Gasteiger partial charge in [-0.2, -0.15) is 20.2 Å². The van der Waals surface area contributed by atoms with E-state index in [1.54, 1.807) is 36.0 Å². The molecule has 1 amide bonds. The third-order valence-corrected chi connectivity index (χ3v) is 4.44. The van der Waals surface area contributed by atoms with E-state index in [9.17, 15) is 13.2 Å². The molecular formula is C12H15NO4S2. The molecule has 0 saturated carbocycles. The van der Waals surface area contributed by atoms with Crippen molar-refractivity contribution in [3.63, 3.8) is 0 Å². The average Bonchev–Trinajstić information content (AvgIpc) is 2.75. The first-order valence-corrected chi connectivity index (χ1v) is 8.75. The molecule has 0 aliphatic carbocycles. The third-order valence-electron chi connectivity index (χ3n) is 2.68. The van der Waals surface area contributed by atoms with Crippen molar-refractivity contribution >= 4 is 27.8 Å². The van der Waals surface area contributed by atoms with Crippen molar-refractivity contribution in [3.8, 4) is 0 Å². The van der Waals surface area contributed by atoms with Gasteiger partial charge < -0.3 is 5.32 Å². The highest BCUT2D eigenvalue weighted by Crippen LogP contribution is 2.22. The molecule has 1 aliphatic rings. The molecule has 1 fully saturated rings. The molecule has 1 N–H and O–H groups in total. The number of hydrogen-bond donors (Lipinski definition) is 1. The Bertz CT molecular complexity index is 544. The summed E-state index contributed by atoms with van der Waals surface area (Å²) in [7, 11) is -3.51. The van der Waals surface area contributed by atoms with Crippen LogP contribution in [0.15, 0.2) is 30.3 Å². The minimum Gasteiger partial charge on any atom is -0.346 e. The average molecular weight is 301 g/mol. The molecule has 1 aromatic carbocycles. The summed E-state index contributed by atoms with van der Waals surface area (Å²) in [4.78, 5) is 12.0. The molecule has 5 nitrogen and oxygen atoms in total. The second-order valence-corrected chi connectivity index (χ2v) is 7.00. The summed E-state index contributed by atoms with van der Waals surface area (Å²) in [5.74, 6) is 1.00. The van der Waals surface area contributed by atoms with Crippen molar-refractivity contribution < 1.29 is 17.4 Å². The zero-order valence-corrected chi connectivity index (χ0v) is 12.0. The Morgan fingerprint density at radius 3 is 2.63 bits per heavy atom. The Morgan fingerprint density at radius 1 is 1.32 bits per heavy atom. The minimum absolute atomic E-state index is 0.213. The topological polar surface area (TPSA) is 72.5 Å². The van der Waals surface area contributed by atoms with Crippen molar-refractivity contribution in [3.05, 3.63) is 35.9 Å². The largest absolute Gasteiger partial charge is 0.346 e. The van der Waals surface area contributed by atoms with Crippen LogP contribution in [0.4, 0.5) is 0 Å². The lowest BCUT2D eigenvalue weighted by Gasteiger charge is -2.19. The van der Waals surface area contributed by atoms with Crippen molar-refractivity contribution in [2.24, 2.45) is 0 Å². The molecule has 104 valence electrons. The van der Waals surface area contributed by atoms with Crippen molar-refractivity contribution in [1.82, 2.24) is 5.32 Å². The Hall–Kier alpha value is -1.05. The second kappa shape index (κ2) is 5.94. The maximum Gasteiger partial charge on any atom is 0.264 e. The first kappa shape index (κ1) is 14.4. The molecule has 1 saturated heterocycles. The normalized spacial score (nSPS) is 23.2. The molecule has 1 heterocycles. The predicted molar refractivity (Wildman–Crippen MR) is 74.7 cm³/mol. The lowest BCUT2D eigenvalue weighted by atomic mass is 10.1. The molecule has 0 unspecified atom stereocenters. The number of amides is 1. The highest BCUT2D eigenvalue weighted by Gasteiger charge is 2.32. The van der Waals surface area contributed by atoms with Crippen LogP contribution >= 0.6 is 11.8 Å². The van der Waals surface area contributed by atoms with Gasteiger partial charge in [0, 0.05) is 17.1 Å². The molecule has 0 spiro atoms. The van der Waals surface area contributed by atoms with Crippen molar-refractivity contribution in [1.29, 1.82) is 0 Å². The number of nitrogens with one attached hydrogen (secondary N) is 1. The maximum absolute atomic E-state index is 12.0. The Morgan fingerprint density at radius 2 is 2.00 bits per heavy atom. The summed E-state index contributed by atoms with van der Waals surface area (Å²) in [5.41, 5.74) is 0.553. The van der Waals surface area contributed by atoms with E-state index in [1.807, 2.05) is 6.07 Å². The van der Waals surface area contributed by atoms with Gasteiger partial charge in [0.15, 0.2) is 0 Å². The van der Waals surface area contributed by atoms with Crippen LogP contribution in [-0.4, -0.2) is 44.2 Å². The van der Waals surface area contributed by atoms with Crippen LogP contribution in [0.5, 0.6) is 0 Å². The minimum atomic E-state index is -3.51. The smallest absolute Gasteiger partial charge is 0.264 e. The number of benzene rings is 1. The Balaban J connectivity index is 2.00. The van der Waals surface area contributed by atoms with Crippen molar-refractivity contribution in [2.45, 2.75) is 12.1 Å². The van der Waals surface area contributed by atoms with Crippen LogP contribution in [0.2, 0.25) is 0 Å². The molecule has 7 heteroatoms. The fourth-order valence-corrected chi connectivity index (χ4v) is 3.79. The van der Waals surface area contributed by atoms with E-state index in [0.717, 1.165) is 6.26 Å². The van der Waals surface area contributed by atoms with E-state index in [-0.39, 0.29) is 11.9 Å². The van der Waals surface area contributed by atoms with Gasteiger partial charge in [0.25, 0.3) is 16.0 Å². The van der Waals surface area contributed by atoms with Gasteiger partial charge in [-0.15, -0.1) is 0 Å². The molecule has 2 rings (SSSR count). The van der Waals surface area contributed by atoms with Gasteiger partial charge in [0.1, 0.15) is 6.10 Å². The quantitative estimate of drug-likeness (QED) is 0.836. The van der Waals surface area contributed by atoms with E-state index in [2.05, 4.69) is 5.32 Å². The summed E-state index contributed by atoms with van der Waals surface area (Å²) in [6, 6.07) is 8.53. The van der Waals surface area contributed by atoms with E-state index >= 15 is 0 Å². The van der Waals surface area contributed by atoms with Crippen LogP contribution in [0.1, 0.15) is 10.4 Å². The highest BCUT2D eigenvalue weighted by atomic mass is 32.2. The monoisotopic (exact) mass is 301 g/mol. The lowest BCUT2D eigenvalue weighted by Crippen LogP contribution is -2.44. The second-order valence-electron chi connectivity index (χ2n) is 4.32. The fraction of sp³-hybridized carbons (Fsp3) is 0.417. The van der Waals surface area contributed by atoms with Crippen LogP contribution < -0.4 is 5.32 Å². The van der Waals surface area contributed by atoms with Crippen LogP contribution in [-0.2, 0) is 14.3 Å². The van der Waals surface area contributed by atoms with Crippen LogP contribution in [0, 0.1) is 0 Å². The Kier molecular flexibility index (Phi) is 4.49. The first-order chi connectivity index (χ1) is 8.96. The van der Waals surface area contributed by atoms with E-state index in [4.69, 9.17) is 4.18 Å². The van der Waals surface area contributed by atoms with Gasteiger partial charge >= 0.3 is 0 Å². The summed E-state index contributed by atoms with van der Waals surface area (Å²) < 4.78 is 27.3. The van der Waals surface area contributed by atoms with Gasteiger partial charge in [-0.1, -0.05) is 18.2 Å². The van der Waals surface area contributed by atoms with Gasteiger partial charge in [-0.25, -0.2) is 0 Å². The molecule has 2 atom stereocenters. The third kappa shape index (κ3) is 4.22. The number of hydrogen-bond acceptors (Lipinski definition) is 5. The SMILES string of the molecule is CS(=O)(=O)O[C@@H]1CSC[C@@H]1NC(=O)c1ccccc1. The predicted octanol–water partition coefficient (Wildman–Crippen LogP) is 0.877. The number of carbonyl (C=O) groups is 1. The summed E-state index contributed by atoms with van der Waals surface area (Å²) >= 11 is 1.56. The lowest BCUT2D eigenvalue weighted by molar-refractivity contribution is 0.0906. The first-order valence-electron chi connectivity index (χ1n) is 5.77. The standard InChI is InChI=1S/C12H15NO4S2/c1-19(15,16)17-11-8-18-7-10(11)13-12(14)9-5-3-2-4-6-9/h2-6,10-11H,7-8H2,1H3,(H,13,14)/t10-,11+/m0/s1. The van der Waals surface area contributed by atoms with E-state index < -0.39 is 16.2 Å². The van der Waals surface area contributed by atoms with Gasteiger partial charge in [-0.05, 0) is 12.1 Å². The van der Waals surface area contributed by atoms with E-state index in [1.165, 1.54) is 0 Å². The van der Waals surface area contributed by atoms with Crippen LogP contribution in [0.25, 0.3) is 0 Å². The number of rotatable bonds is 4. The van der Waals surface area contributed by atoms with Crippen LogP contribution in [0.3, 0.4) is 0 Å². The van der Waals surface area contributed by atoms with Gasteiger partial charge in [-0.3, -0.25) is 8.98 Å². The number of carbonyl (C=O) groups excluding carboxylic acids is 1. The molecule has 0 aromatic heterocycles. The molecule has 1 aliphatic heterocycles. The fourth-order valence-electron chi connectivity index (χ4n) is 1.83. The molecule has 0 bridgehead atoms. The molecule has 1 aromatic rings. The maximum atomic E-state index is 12.0. The summed E-state index contributed by atoms with van der Waals surface area (Å²) in [6.07, 6.45) is 0.527. The summed E-state index contributed by atoms with van der Waals surface area (Å²) in [5, 5.41) is 2.82. The zero-order chi connectivity index (χ0) is 13.9. The van der Waals surface area contributed by atoms with E-state index in [0.29, 0.717) is 17.1 Å². The van der Waals surface area contributed by atoms with Gasteiger partial charge in [0.2, 0.25) is 0 Å². The van der Waals surface area contributed by atoms with Gasteiger partial charge in [0.05, 0.1) is 12.3 Å². The summed E-state index contributed by atoms with van der Waals surface area (Å²) in [6.45, 7) is 0. The Labute approximate surface area is 116 Å². The zero-order valence-electron chi connectivity index (χ0n) is 10.4. The molecule has 19 heavy (non-hydrogen) atoms. The van der Waals surface area contributed by atoms with Crippen molar-refractivity contribution in [2.75, 3.05) is 17.8 Å². The highest BCUT2D eigenvalue weighted by molar-refractivity contribution is 7.99. The molecule has 0 radical (unpaired) electrons. The number of thioether (sulfide) groups is 1. The molecular weight excluding hydrogens is 286 g/mol.